The molecule has 4 rings (SSSR count). The molecule has 0 bridgehead atoms. The molecule has 6 nitrogen and oxygen atoms in total. The number of benzene rings is 3. The van der Waals surface area contributed by atoms with Gasteiger partial charge in [-0.1, -0.05) is 18.2 Å². The average Bonchev–Trinajstić information content (AvgIpc) is 2.70. The lowest BCUT2D eigenvalue weighted by Crippen LogP contribution is -2.21. The van der Waals surface area contributed by atoms with E-state index in [2.05, 4.69) is 0 Å². The first-order chi connectivity index (χ1) is 14.2. The van der Waals surface area contributed by atoms with Gasteiger partial charge in [0.25, 0.3) is 10.1 Å². The van der Waals surface area contributed by atoms with Gasteiger partial charge in [-0.25, -0.2) is 4.58 Å². The van der Waals surface area contributed by atoms with Crippen LogP contribution in [0.2, 0.25) is 0 Å². The van der Waals surface area contributed by atoms with Crippen molar-refractivity contribution < 1.29 is 17.4 Å². The monoisotopic (exact) mass is 423 g/mol. The summed E-state index contributed by atoms with van der Waals surface area (Å²) < 4.78 is 42.3. The Hall–Kier alpha value is -3.16. The Morgan fingerprint density at radius 3 is 2.33 bits per heavy atom. The molecule has 154 valence electrons. The second kappa shape index (κ2) is 7.27. The molecule has 2 aromatic rings. The van der Waals surface area contributed by atoms with Crippen LogP contribution < -0.4 is 14.8 Å². The smallest absolute Gasteiger partial charge is 0.295 e. The molecule has 0 atom stereocenters. The zero-order valence-corrected chi connectivity index (χ0v) is 18.1. The van der Waals surface area contributed by atoms with Crippen molar-refractivity contribution in [2.75, 3.05) is 33.1 Å². The summed E-state index contributed by atoms with van der Waals surface area (Å²) in [5.74, 6) is 0.629. The van der Waals surface area contributed by atoms with Crippen molar-refractivity contribution in [1.82, 2.24) is 4.58 Å². The molecular weight excluding hydrogens is 400 g/mol. The van der Waals surface area contributed by atoms with Gasteiger partial charge in [0.1, 0.15) is 30.3 Å². The molecule has 1 heterocycles. The van der Waals surface area contributed by atoms with E-state index in [9.17, 15) is 13.0 Å². The Labute approximate surface area is 175 Å². The highest BCUT2D eigenvalue weighted by Gasteiger charge is 2.23. The predicted octanol–water partition coefficient (Wildman–Crippen LogP) is 3.55. The van der Waals surface area contributed by atoms with Crippen LogP contribution in [0.25, 0.3) is 33.4 Å². The summed E-state index contributed by atoms with van der Waals surface area (Å²) in [6, 6.07) is 18.1. The summed E-state index contributed by atoms with van der Waals surface area (Å²) in [5.41, 5.74) is 3.49. The summed E-state index contributed by atoms with van der Waals surface area (Å²) in [7, 11) is 3.37. The number of rotatable bonds is 3. The normalized spacial score (nSPS) is 11.8. The zero-order valence-electron chi connectivity index (χ0n) is 17.2. The van der Waals surface area contributed by atoms with Gasteiger partial charge in [0, 0.05) is 54.0 Å². The highest BCUT2D eigenvalue weighted by Crippen LogP contribution is 2.42. The maximum absolute atomic E-state index is 12.1. The van der Waals surface area contributed by atoms with Gasteiger partial charge in [0.2, 0.25) is 5.36 Å². The molecule has 2 aliphatic rings. The zero-order chi connectivity index (χ0) is 21.6. The van der Waals surface area contributed by atoms with Crippen LogP contribution >= 0.6 is 0 Å². The molecule has 2 aromatic carbocycles. The Morgan fingerprint density at radius 1 is 0.933 bits per heavy atom. The third-order valence-corrected chi connectivity index (χ3v) is 6.07. The maximum Gasteiger partial charge on any atom is 0.295 e. The number of hydrogen-bond donors (Lipinski definition) is 1. The van der Waals surface area contributed by atoms with E-state index in [4.69, 9.17) is 4.42 Å². The molecular formula is C23H23N2O4S+. The van der Waals surface area contributed by atoms with E-state index in [1.165, 1.54) is 6.07 Å². The third-order valence-electron chi connectivity index (χ3n) is 5.16. The number of nitrogens with zero attached hydrogens (tertiary/aromatic N) is 2. The number of fused-ring (bicyclic) bond motifs is 2. The molecule has 0 aromatic heterocycles. The van der Waals surface area contributed by atoms with Gasteiger partial charge in [-0.05, 0) is 24.3 Å². The van der Waals surface area contributed by atoms with Crippen LogP contribution in [0.15, 0.2) is 70.0 Å². The maximum atomic E-state index is 12.1. The van der Waals surface area contributed by atoms with Gasteiger partial charge in [0.15, 0.2) is 0 Å². The second-order valence-corrected chi connectivity index (χ2v) is 8.99. The van der Waals surface area contributed by atoms with E-state index in [0.29, 0.717) is 22.5 Å². The van der Waals surface area contributed by atoms with Crippen molar-refractivity contribution in [2.24, 2.45) is 0 Å². The molecule has 0 saturated carbocycles. The summed E-state index contributed by atoms with van der Waals surface area (Å²) in [5, 5.41) is 1.73. The van der Waals surface area contributed by atoms with Gasteiger partial charge in [-0.15, -0.1) is 0 Å². The van der Waals surface area contributed by atoms with Gasteiger partial charge in [0.05, 0.1) is 6.07 Å². The van der Waals surface area contributed by atoms with Crippen molar-refractivity contribution in [3.63, 3.8) is 0 Å². The minimum Gasteiger partial charge on any atom is -0.456 e. The van der Waals surface area contributed by atoms with Gasteiger partial charge in [-0.3, -0.25) is 4.55 Å². The van der Waals surface area contributed by atoms with Crippen molar-refractivity contribution in [3.05, 3.63) is 66.0 Å². The topological polar surface area (TPSA) is 73.8 Å². The fourth-order valence-corrected chi connectivity index (χ4v) is 4.31. The van der Waals surface area contributed by atoms with Crippen molar-refractivity contribution >= 4 is 26.8 Å². The summed E-state index contributed by atoms with van der Waals surface area (Å²) in [6.45, 7) is 0. The third kappa shape index (κ3) is 3.46. The number of hydrogen-bond acceptors (Lipinski definition) is 4. The van der Waals surface area contributed by atoms with Gasteiger partial charge in [-0.2, -0.15) is 8.42 Å². The molecule has 1 N–H and O–H groups in total. The highest BCUT2D eigenvalue weighted by atomic mass is 32.2. The first kappa shape index (κ1) is 20.1. The minimum atomic E-state index is -4.41. The summed E-state index contributed by atoms with van der Waals surface area (Å²) in [4.78, 5) is 1.84. The van der Waals surface area contributed by atoms with E-state index in [1.807, 2.05) is 74.1 Å². The van der Waals surface area contributed by atoms with Crippen LogP contribution in [0.3, 0.4) is 0 Å². The summed E-state index contributed by atoms with van der Waals surface area (Å²) >= 11 is 0. The molecule has 0 saturated heterocycles. The van der Waals surface area contributed by atoms with Crippen molar-refractivity contribution in [1.29, 1.82) is 0 Å². The van der Waals surface area contributed by atoms with Crippen molar-refractivity contribution in [3.8, 4) is 22.5 Å². The fraction of sp³-hybridized carbons (Fsp3) is 0.174. The van der Waals surface area contributed by atoms with Crippen LogP contribution in [-0.2, 0) is 10.1 Å². The Balaban J connectivity index is 2.21. The largest absolute Gasteiger partial charge is 0.456 e. The van der Waals surface area contributed by atoms with Crippen LogP contribution in [0, 0.1) is 0 Å². The molecule has 0 unspecified atom stereocenters. The Bertz CT molecular complexity index is 1410. The second-order valence-electron chi connectivity index (χ2n) is 7.60. The molecule has 0 radical (unpaired) electrons. The molecule has 0 spiro atoms. The molecule has 30 heavy (non-hydrogen) atoms. The van der Waals surface area contributed by atoms with E-state index >= 15 is 0 Å². The standard InChI is InChI=1S/C23H22N2O4S/c1-24(2)15-9-11-17-20(13-15)29-21-14-16(25(3)4)10-12-18(21)23(17)19-7-5-6-8-22(19)30(26,27)28/h5-14H,1-4H3/p+1. The lowest BCUT2D eigenvalue weighted by molar-refractivity contribution is 0.483. The Morgan fingerprint density at radius 2 is 1.67 bits per heavy atom. The minimum absolute atomic E-state index is 0.132. The highest BCUT2D eigenvalue weighted by molar-refractivity contribution is 7.86. The van der Waals surface area contributed by atoms with Crippen LogP contribution in [0.1, 0.15) is 0 Å². The molecule has 0 fully saturated rings. The van der Waals surface area contributed by atoms with E-state index in [0.717, 1.165) is 22.0 Å². The SMILES string of the molecule is CN(C)c1ccc2c(-c3ccccc3S(=O)(=O)O)c3ccc(=[N+](C)C)cc-3oc2c1. The van der Waals surface area contributed by atoms with Gasteiger partial charge < -0.3 is 9.32 Å². The van der Waals surface area contributed by atoms with E-state index in [1.54, 1.807) is 18.2 Å². The average molecular weight is 424 g/mol. The molecule has 1 aliphatic heterocycles. The van der Waals surface area contributed by atoms with E-state index < -0.39 is 10.1 Å². The van der Waals surface area contributed by atoms with Gasteiger partial charge >= 0.3 is 0 Å². The summed E-state index contributed by atoms with van der Waals surface area (Å²) in [6.07, 6.45) is 0. The lowest BCUT2D eigenvalue weighted by atomic mass is 9.93. The van der Waals surface area contributed by atoms with Crippen molar-refractivity contribution in [2.45, 2.75) is 4.90 Å². The van der Waals surface area contributed by atoms with Crippen LogP contribution in [0.5, 0.6) is 0 Å². The van der Waals surface area contributed by atoms with Crippen LogP contribution in [0.4, 0.5) is 5.69 Å². The van der Waals surface area contributed by atoms with E-state index in [-0.39, 0.29) is 4.90 Å². The lowest BCUT2D eigenvalue weighted by Gasteiger charge is -2.18. The fourth-order valence-electron chi connectivity index (χ4n) is 3.61. The molecule has 0 amide bonds. The quantitative estimate of drug-likeness (QED) is 0.310. The molecule has 1 aliphatic carbocycles. The first-order valence-electron chi connectivity index (χ1n) is 9.42. The Kier molecular flexibility index (Phi) is 4.88. The van der Waals surface area contributed by atoms with Crippen LogP contribution in [-0.4, -0.2) is 41.2 Å². The predicted molar refractivity (Wildman–Crippen MR) is 120 cm³/mol. The number of anilines is 1. The molecule has 7 heteroatoms. The first-order valence-corrected chi connectivity index (χ1v) is 10.9.